The van der Waals surface area contributed by atoms with Gasteiger partial charge in [-0.25, -0.2) is 4.79 Å². The maximum absolute atomic E-state index is 11.6. The monoisotopic (exact) mass is 212 g/mol. The van der Waals surface area contributed by atoms with Gasteiger partial charge in [0.25, 0.3) is 0 Å². The Morgan fingerprint density at radius 2 is 2.33 bits per heavy atom. The molecule has 0 bridgehead atoms. The third-order valence-electron chi connectivity index (χ3n) is 2.42. The summed E-state index contributed by atoms with van der Waals surface area (Å²) in [6, 6.07) is -0.0588. The Balaban J connectivity index is 2.61. The van der Waals surface area contributed by atoms with Crippen LogP contribution in [0.5, 0.6) is 0 Å². The molecule has 1 N–H and O–H groups in total. The molecule has 1 unspecified atom stereocenters. The summed E-state index contributed by atoms with van der Waals surface area (Å²) in [6.45, 7) is 5.06. The first-order chi connectivity index (χ1) is 7.04. The number of carbonyl (C=O) groups is 2. The number of hydrogen-bond acceptors (Lipinski definition) is 2. The van der Waals surface area contributed by atoms with E-state index in [9.17, 15) is 9.59 Å². The van der Waals surface area contributed by atoms with Crippen LogP contribution in [-0.4, -0.2) is 53.6 Å². The Morgan fingerprint density at radius 1 is 1.67 bits per heavy atom. The van der Waals surface area contributed by atoms with Crippen LogP contribution in [0.15, 0.2) is 12.7 Å². The minimum Gasteiger partial charge on any atom is -0.481 e. The minimum absolute atomic E-state index is 0.00477. The van der Waals surface area contributed by atoms with E-state index in [0.29, 0.717) is 19.6 Å². The molecule has 0 saturated carbocycles. The van der Waals surface area contributed by atoms with Crippen LogP contribution in [0.25, 0.3) is 0 Å². The van der Waals surface area contributed by atoms with E-state index in [4.69, 9.17) is 5.11 Å². The van der Waals surface area contributed by atoms with Gasteiger partial charge in [-0.2, -0.15) is 0 Å². The molecule has 1 saturated heterocycles. The molecule has 0 aromatic rings. The van der Waals surface area contributed by atoms with Gasteiger partial charge in [0.1, 0.15) is 0 Å². The fraction of sp³-hybridized carbons (Fsp3) is 0.600. The van der Waals surface area contributed by atoms with Crippen LogP contribution in [0.3, 0.4) is 0 Å². The summed E-state index contributed by atoms with van der Waals surface area (Å²) in [5.41, 5.74) is 0. The van der Waals surface area contributed by atoms with Crippen LogP contribution in [0.4, 0.5) is 4.79 Å². The van der Waals surface area contributed by atoms with Crippen molar-refractivity contribution in [2.24, 2.45) is 5.92 Å². The smallest absolute Gasteiger partial charge is 0.320 e. The van der Waals surface area contributed by atoms with Crippen LogP contribution in [0.2, 0.25) is 0 Å². The molecule has 5 nitrogen and oxygen atoms in total. The number of urea groups is 1. The molecule has 84 valence electrons. The normalized spacial score (nSPS) is 21.7. The SMILES string of the molecule is C=CCN1CC(CC(=O)O)CN(C)C1=O. The molecule has 0 spiro atoms. The Morgan fingerprint density at radius 3 is 2.87 bits per heavy atom. The van der Waals surface area contributed by atoms with Crippen molar-refractivity contribution in [3.63, 3.8) is 0 Å². The number of hydrogen-bond donors (Lipinski definition) is 1. The topological polar surface area (TPSA) is 60.9 Å². The maximum Gasteiger partial charge on any atom is 0.320 e. The number of carboxylic acid groups (broad SMARTS) is 1. The predicted molar refractivity (Wildman–Crippen MR) is 55.5 cm³/mol. The molecular formula is C10H16N2O3. The van der Waals surface area contributed by atoms with Crippen molar-refractivity contribution in [2.45, 2.75) is 6.42 Å². The first-order valence-corrected chi connectivity index (χ1v) is 4.87. The van der Waals surface area contributed by atoms with E-state index >= 15 is 0 Å². The van der Waals surface area contributed by atoms with Crippen molar-refractivity contribution < 1.29 is 14.7 Å². The molecule has 1 heterocycles. The molecule has 0 aromatic heterocycles. The van der Waals surface area contributed by atoms with Crippen molar-refractivity contribution in [2.75, 3.05) is 26.7 Å². The standard InChI is InChI=1S/C10H16N2O3/c1-3-4-12-7-8(5-9(13)14)6-11(2)10(12)15/h3,8H,1,4-7H2,2H3,(H,13,14). The van der Waals surface area contributed by atoms with E-state index in [0.717, 1.165) is 0 Å². The van der Waals surface area contributed by atoms with Crippen molar-refractivity contribution in [1.29, 1.82) is 0 Å². The van der Waals surface area contributed by atoms with Crippen molar-refractivity contribution in [3.05, 3.63) is 12.7 Å². The van der Waals surface area contributed by atoms with E-state index in [2.05, 4.69) is 6.58 Å². The molecule has 5 heteroatoms. The second-order valence-corrected chi connectivity index (χ2v) is 3.82. The Labute approximate surface area is 89.0 Å². The third-order valence-corrected chi connectivity index (χ3v) is 2.42. The lowest BCUT2D eigenvalue weighted by Crippen LogP contribution is -2.52. The van der Waals surface area contributed by atoms with E-state index in [1.54, 1.807) is 22.9 Å². The first kappa shape index (κ1) is 11.6. The van der Waals surface area contributed by atoms with Gasteiger partial charge in [0, 0.05) is 32.6 Å². The van der Waals surface area contributed by atoms with Crippen molar-refractivity contribution in [3.8, 4) is 0 Å². The van der Waals surface area contributed by atoms with Gasteiger partial charge >= 0.3 is 12.0 Å². The number of aliphatic carboxylic acids is 1. The summed E-state index contributed by atoms with van der Waals surface area (Å²) >= 11 is 0. The van der Waals surface area contributed by atoms with Crippen LogP contribution in [0.1, 0.15) is 6.42 Å². The van der Waals surface area contributed by atoms with Crippen molar-refractivity contribution in [1.82, 2.24) is 9.80 Å². The largest absolute Gasteiger partial charge is 0.481 e. The van der Waals surface area contributed by atoms with Crippen molar-refractivity contribution >= 4 is 12.0 Å². The van der Waals surface area contributed by atoms with E-state index in [1.165, 1.54) is 0 Å². The highest BCUT2D eigenvalue weighted by Gasteiger charge is 2.29. The zero-order valence-corrected chi connectivity index (χ0v) is 8.85. The Kier molecular flexibility index (Phi) is 3.71. The van der Waals surface area contributed by atoms with E-state index < -0.39 is 5.97 Å². The van der Waals surface area contributed by atoms with E-state index in [1.807, 2.05) is 0 Å². The lowest BCUT2D eigenvalue weighted by Gasteiger charge is -2.37. The number of carboxylic acids is 1. The second kappa shape index (κ2) is 4.82. The van der Waals surface area contributed by atoms with Gasteiger partial charge in [0.2, 0.25) is 0 Å². The zero-order chi connectivity index (χ0) is 11.4. The Bertz CT molecular complexity index is 278. The van der Waals surface area contributed by atoms with Gasteiger partial charge < -0.3 is 14.9 Å². The number of rotatable bonds is 4. The summed E-state index contributed by atoms with van der Waals surface area (Å²) in [4.78, 5) is 25.4. The van der Waals surface area contributed by atoms with Crippen LogP contribution >= 0.6 is 0 Å². The molecule has 1 fully saturated rings. The highest BCUT2D eigenvalue weighted by atomic mass is 16.4. The lowest BCUT2D eigenvalue weighted by molar-refractivity contribution is -0.138. The van der Waals surface area contributed by atoms with Crippen LogP contribution < -0.4 is 0 Å². The van der Waals surface area contributed by atoms with Gasteiger partial charge in [-0.15, -0.1) is 6.58 Å². The average molecular weight is 212 g/mol. The molecule has 1 aliphatic rings. The average Bonchev–Trinajstić information content (AvgIpc) is 2.12. The second-order valence-electron chi connectivity index (χ2n) is 3.82. The number of carbonyl (C=O) groups excluding carboxylic acids is 1. The molecule has 0 aromatic carbocycles. The fourth-order valence-corrected chi connectivity index (χ4v) is 1.84. The maximum atomic E-state index is 11.6. The molecule has 0 aliphatic carbocycles. The summed E-state index contributed by atoms with van der Waals surface area (Å²) in [5.74, 6) is -0.813. The predicted octanol–water partition coefficient (Wildman–Crippen LogP) is 0.631. The summed E-state index contributed by atoms with van der Waals surface area (Å²) in [5, 5.41) is 8.69. The summed E-state index contributed by atoms with van der Waals surface area (Å²) < 4.78 is 0. The molecule has 1 aliphatic heterocycles. The number of nitrogens with zero attached hydrogens (tertiary/aromatic N) is 2. The quantitative estimate of drug-likeness (QED) is 0.695. The molecule has 2 amide bonds. The third kappa shape index (κ3) is 2.97. The zero-order valence-electron chi connectivity index (χ0n) is 8.85. The minimum atomic E-state index is -0.818. The fourth-order valence-electron chi connectivity index (χ4n) is 1.84. The van der Waals surface area contributed by atoms with E-state index in [-0.39, 0.29) is 18.4 Å². The lowest BCUT2D eigenvalue weighted by atomic mass is 10.0. The van der Waals surface area contributed by atoms with Gasteiger partial charge in [-0.1, -0.05) is 6.08 Å². The Hall–Kier alpha value is -1.52. The van der Waals surface area contributed by atoms with Gasteiger partial charge in [0.15, 0.2) is 0 Å². The molecule has 1 rings (SSSR count). The van der Waals surface area contributed by atoms with Crippen LogP contribution in [-0.2, 0) is 4.79 Å². The highest BCUT2D eigenvalue weighted by Crippen LogP contribution is 2.15. The number of amides is 2. The first-order valence-electron chi connectivity index (χ1n) is 4.87. The van der Waals surface area contributed by atoms with Crippen LogP contribution in [0, 0.1) is 5.92 Å². The molecule has 0 radical (unpaired) electrons. The molecule has 15 heavy (non-hydrogen) atoms. The van der Waals surface area contributed by atoms with Gasteiger partial charge in [0.05, 0.1) is 6.42 Å². The summed E-state index contributed by atoms with van der Waals surface area (Å²) in [7, 11) is 1.69. The molecule has 1 atom stereocenters. The highest BCUT2D eigenvalue weighted by molar-refractivity contribution is 5.75. The summed E-state index contributed by atoms with van der Waals surface area (Å²) in [6.07, 6.45) is 1.75. The van der Waals surface area contributed by atoms with Gasteiger partial charge in [-0.05, 0) is 0 Å². The molecular weight excluding hydrogens is 196 g/mol. The van der Waals surface area contributed by atoms with Gasteiger partial charge in [-0.3, -0.25) is 4.79 Å².